The van der Waals surface area contributed by atoms with Gasteiger partial charge in [-0.05, 0) is 38.6 Å². The first kappa shape index (κ1) is 13.0. The number of imidazole rings is 1. The average Bonchev–Trinajstić information content (AvgIpc) is 3.21. The van der Waals surface area contributed by atoms with Crippen LogP contribution in [0, 0.1) is 0 Å². The summed E-state index contributed by atoms with van der Waals surface area (Å²) < 4.78 is 3.76. The van der Waals surface area contributed by atoms with Crippen LogP contribution in [0.3, 0.4) is 0 Å². The van der Waals surface area contributed by atoms with E-state index in [1.165, 1.54) is 44.9 Å². The van der Waals surface area contributed by atoms with Crippen molar-refractivity contribution in [2.45, 2.75) is 70.0 Å². The highest BCUT2D eigenvalue weighted by Gasteiger charge is 2.25. The Balaban J connectivity index is 1.41. The monoisotopic (exact) mass is 263 g/mol. The molecule has 1 aromatic heterocycles. The van der Waals surface area contributed by atoms with Crippen LogP contribution in [0.15, 0.2) is 17.2 Å². The first-order valence-corrected chi connectivity index (χ1v) is 7.85. The highest BCUT2D eigenvalue weighted by atomic mass is 16.1. The van der Waals surface area contributed by atoms with Crippen molar-refractivity contribution in [1.29, 1.82) is 0 Å². The summed E-state index contributed by atoms with van der Waals surface area (Å²) in [5.41, 5.74) is 0.181. The Morgan fingerprint density at radius 3 is 2.63 bits per heavy atom. The summed E-state index contributed by atoms with van der Waals surface area (Å²) in [5.74, 6) is 0. The van der Waals surface area contributed by atoms with Crippen LogP contribution in [0.25, 0.3) is 0 Å². The molecule has 1 aromatic rings. The number of aryl methyl sites for hydroxylation is 1. The lowest BCUT2D eigenvalue weighted by atomic mass is 9.95. The van der Waals surface area contributed by atoms with Crippen LogP contribution in [-0.2, 0) is 6.54 Å². The third kappa shape index (κ3) is 3.30. The van der Waals surface area contributed by atoms with E-state index in [9.17, 15) is 4.79 Å². The van der Waals surface area contributed by atoms with Crippen LogP contribution in [0.4, 0.5) is 0 Å². The van der Waals surface area contributed by atoms with Gasteiger partial charge in [0.1, 0.15) is 0 Å². The second kappa shape index (κ2) is 5.95. The molecule has 2 saturated carbocycles. The summed E-state index contributed by atoms with van der Waals surface area (Å²) in [6.07, 6.45) is 14.1. The zero-order valence-corrected chi connectivity index (χ0v) is 11.7. The Hall–Kier alpha value is -1.03. The van der Waals surface area contributed by atoms with E-state index in [4.69, 9.17) is 0 Å². The molecule has 0 aliphatic heterocycles. The maximum atomic E-state index is 12.1. The molecule has 2 fully saturated rings. The van der Waals surface area contributed by atoms with Gasteiger partial charge < -0.3 is 5.32 Å². The van der Waals surface area contributed by atoms with Gasteiger partial charge in [0.25, 0.3) is 0 Å². The lowest BCUT2D eigenvalue weighted by Gasteiger charge is -2.22. The fourth-order valence-corrected chi connectivity index (χ4v) is 3.09. The first-order chi connectivity index (χ1) is 9.34. The third-order valence-corrected chi connectivity index (χ3v) is 4.43. The topological polar surface area (TPSA) is 39.0 Å². The zero-order valence-electron chi connectivity index (χ0n) is 11.7. The predicted octanol–water partition coefficient (Wildman–Crippen LogP) is 2.30. The molecule has 2 aliphatic rings. The minimum Gasteiger partial charge on any atom is -0.314 e. The maximum Gasteiger partial charge on any atom is 0.328 e. The molecule has 0 spiro atoms. The van der Waals surface area contributed by atoms with Crippen molar-refractivity contribution in [3.63, 3.8) is 0 Å². The number of nitrogens with one attached hydrogen (secondary N) is 1. The zero-order chi connectivity index (χ0) is 13.1. The van der Waals surface area contributed by atoms with Crippen molar-refractivity contribution in [3.8, 4) is 0 Å². The molecule has 0 bridgehead atoms. The lowest BCUT2D eigenvalue weighted by Crippen LogP contribution is -2.32. The maximum absolute atomic E-state index is 12.1. The van der Waals surface area contributed by atoms with Gasteiger partial charge in [-0.1, -0.05) is 19.3 Å². The lowest BCUT2D eigenvalue weighted by molar-refractivity contribution is 0.368. The summed E-state index contributed by atoms with van der Waals surface area (Å²) in [5, 5.41) is 3.63. The second-order valence-electron chi connectivity index (χ2n) is 6.06. The number of rotatable bonds is 6. The molecular weight excluding hydrogens is 238 g/mol. The van der Waals surface area contributed by atoms with Crippen molar-refractivity contribution in [1.82, 2.24) is 14.5 Å². The molecule has 4 nitrogen and oxygen atoms in total. The fraction of sp³-hybridized carbons (Fsp3) is 0.800. The van der Waals surface area contributed by atoms with Crippen molar-refractivity contribution in [2.24, 2.45) is 0 Å². The molecule has 0 atom stereocenters. The minimum absolute atomic E-state index is 0.181. The molecule has 19 heavy (non-hydrogen) atoms. The van der Waals surface area contributed by atoms with E-state index in [2.05, 4.69) is 5.32 Å². The van der Waals surface area contributed by atoms with Crippen molar-refractivity contribution in [3.05, 3.63) is 22.9 Å². The molecule has 3 rings (SSSR count). The summed E-state index contributed by atoms with van der Waals surface area (Å²) in [6, 6.07) is 1.22. The smallest absolute Gasteiger partial charge is 0.314 e. The summed E-state index contributed by atoms with van der Waals surface area (Å²) >= 11 is 0. The molecule has 106 valence electrons. The molecule has 0 saturated heterocycles. The van der Waals surface area contributed by atoms with E-state index >= 15 is 0 Å². The molecule has 0 unspecified atom stereocenters. The molecule has 0 aromatic carbocycles. The standard InChI is InChI=1S/C15H25N3O/c19-15-17(11-12-18(15)14-7-8-14)10-4-9-16-13-5-2-1-3-6-13/h11-14,16H,1-10H2. The predicted molar refractivity (Wildman–Crippen MR) is 76.5 cm³/mol. The Morgan fingerprint density at radius 1 is 1.11 bits per heavy atom. The normalized spacial score (nSPS) is 20.8. The molecule has 1 heterocycles. The van der Waals surface area contributed by atoms with Gasteiger partial charge in [0.15, 0.2) is 0 Å². The van der Waals surface area contributed by atoms with Gasteiger partial charge in [-0.25, -0.2) is 4.79 Å². The fourth-order valence-electron chi connectivity index (χ4n) is 3.09. The van der Waals surface area contributed by atoms with Gasteiger partial charge in [-0.3, -0.25) is 9.13 Å². The van der Waals surface area contributed by atoms with Crippen LogP contribution in [-0.4, -0.2) is 21.7 Å². The van der Waals surface area contributed by atoms with E-state index in [1.54, 1.807) is 0 Å². The molecule has 0 radical (unpaired) electrons. The van der Waals surface area contributed by atoms with Crippen LogP contribution in [0.1, 0.15) is 57.4 Å². The van der Waals surface area contributed by atoms with Gasteiger partial charge >= 0.3 is 5.69 Å². The summed E-state index contributed by atoms with van der Waals surface area (Å²) in [4.78, 5) is 12.1. The van der Waals surface area contributed by atoms with E-state index in [-0.39, 0.29) is 5.69 Å². The van der Waals surface area contributed by atoms with E-state index in [0.29, 0.717) is 6.04 Å². The quantitative estimate of drug-likeness (QED) is 0.800. The van der Waals surface area contributed by atoms with Gasteiger partial charge in [-0.2, -0.15) is 0 Å². The number of nitrogens with zero attached hydrogens (tertiary/aromatic N) is 2. The Kier molecular flexibility index (Phi) is 4.06. The van der Waals surface area contributed by atoms with Gasteiger partial charge in [0.2, 0.25) is 0 Å². The second-order valence-corrected chi connectivity index (χ2v) is 6.06. The molecule has 4 heteroatoms. The third-order valence-electron chi connectivity index (χ3n) is 4.43. The van der Waals surface area contributed by atoms with Crippen LogP contribution >= 0.6 is 0 Å². The van der Waals surface area contributed by atoms with Crippen molar-refractivity contribution >= 4 is 0 Å². The van der Waals surface area contributed by atoms with Gasteiger partial charge in [-0.15, -0.1) is 0 Å². The molecule has 2 aliphatic carbocycles. The highest BCUT2D eigenvalue weighted by molar-refractivity contribution is 4.91. The number of hydrogen-bond acceptors (Lipinski definition) is 2. The van der Waals surface area contributed by atoms with E-state index in [1.807, 2.05) is 21.5 Å². The summed E-state index contributed by atoms with van der Waals surface area (Å²) in [7, 11) is 0. The van der Waals surface area contributed by atoms with E-state index in [0.717, 1.165) is 25.6 Å². The largest absolute Gasteiger partial charge is 0.328 e. The van der Waals surface area contributed by atoms with Gasteiger partial charge in [0.05, 0.1) is 0 Å². The average molecular weight is 263 g/mol. The Labute approximate surface area is 114 Å². The molecule has 0 amide bonds. The van der Waals surface area contributed by atoms with Crippen molar-refractivity contribution < 1.29 is 0 Å². The summed E-state index contributed by atoms with van der Waals surface area (Å²) in [6.45, 7) is 1.88. The Morgan fingerprint density at radius 2 is 1.89 bits per heavy atom. The SMILES string of the molecule is O=c1n(CCCNC2CCCCC2)ccn1C1CC1. The minimum atomic E-state index is 0.181. The van der Waals surface area contributed by atoms with Crippen LogP contribution in [0.2, 0.25) is 0 Å². The van der Waals surface area contributed by atoms with Crippen LogP contribution in [0.5, 0.6) is 0 Å². The first-order valence-electron chi connectivity index (χ1n) is 7.85. The molecule has 1 N–H and O–H groups in total. The highest BCUT2D eigenvalue weighted by Crippen LogP contribution is 2.33. The van der Waals surface area contributed by atoms with Crippen molar-refractivity contribution in [2.75, 3.05) is 6.54 Å². The van der Waals surface area contributed by atoms with Crippen LogP contribution < -0.4 is 11.0 Å². The van der Waals surface area contributed by atoms with Gasteiger partial charge in [0, 0.05) is 31.0 Å². The number of hydrogen-bond donors (Lipinski definition) is 1. The Bertz CT molecular complexity index is 452. The number of aromatic nitrogens is 2. The molecular formula is C15H25N3O. The van der Waals surface area contributed by atoms with E-state index < -0.39 is 0 Å².